The van der Waals surface area contributed by atoms with Crippen molar-refractivity contribution in [3.05, 3.63) is 65.2 Å². The summed E-state index contributed by atoms with van der Waals surface area (Å²) in [5.74, 6) is 0.922. The number of fused-ring (bicyclic) bond motifs is 2. The van der Waals surface area contributed by atoms with E-state index in [4.69, 9.17) is 9.40 Å². The SMILES string of the molecule is CC1C/C(=C\c2ccco2)c2nc3ccccc3c(C(=O)NCCNC(=O)C(C)C)c2C1. The number of rotatable bonds is 6. The first-order chi connectivity index (χ1) is 15.4. The van der Waals surface area contributed by atoms with Crippen LogP contribution < -0.4 is 10.6 Å². The Balaban J connectivity index is 1.70. The Hall–Kier alpha value is -3.41. The van der Waals surface area contributed by atoms with Gasteiger partial charge in [0.1, 0.15) is 5.76 Å². The van der Waals surface area contributed by atoms with Gasteiger partial charge in [-0.05, 0) is 54.2 Å². The van der Waals surface area contributed by atoms with Crippen LogP contribution in [0.1, 0.15) is 54.6 Å². The lowest BCUT2D eigenvalue weighted by atomic mass is 9.80. The Morgan fingerprint density at radius 1 is 1.12 bits per heavy atom. The summed E-state index contributed by atoms with van der Waals surface area (Å²) in [5.41, 5.74) is 4.40. The number of furan rings is 1. The van der Waals surface area contributed by atoms with Gasteiger partial charge in [-0.15, -0.1) is 0 Å². The molecule has 6 nitrogen and oxygen atoms in total. The molecule has 0 aliphatic heterocycles. The first-order valence-electron chi connectivity index (χ1n) is 11.2. The third-order valence-electron chi connectivity index (χ3n) is 5.74. The number of nitrogens with zero attached hydrogens (tertiary/aromatic N) is 1. The molecule has 4 rings (SSSR count). The van der Waals surface area contributed by atoms with Gasteiger partial charge in [-0.25, -0.2) is 4.98 Å². The Kier molecular flexibility index (Phi) is 6.40. The summed E-state index contributed by atoms with van der Waals surface area (Å²) >= 11 is 0. The molecule has 1 aliphatic carbocycles. The van der Waals surface area contributed by atoms with Crippen molar-refractivity contribution in [2.75, 3.05) is 13.1 Å². The summed E-state index contributed by atoms with van der Waals surface area (Å²) in [6, 6.07) is 11.6. The molecule has 1 atom stereocenters. The minimum atomic E-state index is -0.134. The Morgan fingerprint density at radius 3 is 2.66 bits per heavy atom. The maximum Gasteiger partial charge on any atom is 0.252 e. The topological polar surface area (TPSA) is 84.2 Å². The van der Waals surface area contributed by atoms with E-state index in [1.165, 1.54) is 0 Å². The van der Waals surface area contributed by atoms with E-state index < -0.39 is 0 Å². The van der Waals surface area contributed by atoms with Crippen molar-refractivity contribution in [1.82, 2.24) is 15.6 Å². The van der Waals surface area contributed by atoms with Crippen LogP contribution in [-0.2, 0) is 11.2 Å². The van der Waals surface area contributed by atoms with Gasteiger partial charge >= 0.3 is 0 Å². The van der Waals surface area contributed by atoms with Crippen LogP contribution in [0.15, 0.2) is 47.1 Å². The summed E-state index contributed by atoms with van der Waals surface area (Å²) in [6.07, 6.45) is 5.35. The van der Waals surface area contributed by atoms with E-state index in [0.29, 0.717) is 24.6 Å². The number of para-hydroxylation sites is 1. The van der Waals surface area contributed by atoms with Crippen molar-refractivity contribution in [2.24, 2.45) is 11.8 Å². The average Bonchev–Trinajstić information content (AvgIpc) is 3.28. The van der Waals surface area contributed by atoms with Gasteiger partial charge in [0.2, 0.25) is 5.91 Å². The van der Waals surface area contributed by atoms with Gasteiger partial charge in [-0.2, -0.15) is 0 Å². The molecule has 3 aromatic rings. The van der Waals surface area contributed by atoms with Crippen molar-refractivity contribution in [3.8, 4) is 0 Å². The van der Waals surface area contributed by atoms with Crippen LogP contribution in [0.5, 0.6) is 0 Å². The number of aromatic nitrogens is 1. The second-order valence-corrected chi connectivity index (χ2v) is 8.73. The smallest absolute Gasteiger partial charge is 0.252 e. The molecule has 32 heavy (non-hydrogen) atoms. The zero-order valence-corrected chi connectivity index (χ0v) is 18.8. The van der Waals surface area contributed by atoms with E-state index in [9.17, 15) is 9.59 Å². The minimum Gasteiger partial charge on any atom is -0.465 e. The zero-order valence-electron chi connectivity index (χ0n) is 18.8. The molecule has 0 fully saturated rings. The molecule has 0 radical (unpaired) electrons. The summed E-state index contributed by atoms with van der Waals surface area (Å²) in [5, 5.41) is 6.68. The first-order valence-corrected chi connectivity index (χ1v) is 11.2. The lowest BCUT2D eigenvalue weighted by Gasteiger charge is -2.26. The Bertz CT molecular complexity index is 1160. The fourth-order valence-corrected chi connectivity index (χ4v) is 4.19. The molecule has 1 unspecified atom stereocenters. The quantitative estimate of drug-likeness (QED) is 0.565. The molecule has 166 valence electrons. The number of benzene rings is 1. The average molecular weight is 432 g/mol. The van der Waals surface area contributed by atoms with Crippen LogP contribution in [0.4, 0.5) is 0 Å². The predicted molar refractivity (Wildman–Crippen MR) is 126 cm³/mol. The molecule has 0 saturated heterocycles. The molecule has 2 heterocycles. The number of carbonyl (C=O) groups is 2. The maximum absolute atomic E-state index is 13.3. The standard InChI is InChI=1S/C26H29N3O3/c1-16(2)25(30)27-10-11-28-26(31)23-20-8-4-5-9-22(20)29-24-18(13-17(3)14-21(23)24)15-19-7-6-12-32-19/h4-9,12,15-17H,10-11,13-14H2,1-3H3,(H,27,30)(H,28,31)/b18-15+. The first kappa shape index (κ1) is 21.8. The molecule has 0 spiro atoms. The summed E-state index contributed by atoms with van der Waals surface area (Å²) in [4.78, 5) is 30.1. The van der Waals surface area contributed by atoms with Gasteiger partial charge in [0.25, 0.3) is 5.91 Å². The second-order valence-electron chi connectivity index (χ2n) is 8.73. The molecule has 6 heteroatoms. The fraction of sp³-hybridized carbons (Fsp3) is 0.346. The molecule has 2 amide bonds. The van der Waals surface area contributed by atoms with Crippen molar-refractivity contribution >= 4 is 34.4 Å². The molecule has 2 aromatic heterocycles. The number of carbonyl (C=O) groups excluding carboxylic acids is 2. The van der Waals surface area contributed by atoms with Gasteiger partial charge in [-0.3, -0.25) is 9.59 Å². The number of allylic oxidation sites excluding steroid dienone is 1. The third-order valence-corrected chi connectivity index (χ3v) is 5.74. The van der Waals surface area contributed by atoms with Crippen LogP contribution in [0, 0.1) is 11.8 Å². The Morgan fingerprint density at radius 2 is 1.91 bits per heavy atom. The lowest BCUT2D eigenvalue weighted by Crippen LogP contribution is -2.37. The van der Waals surface area contributed by atoms with Gasteiger partial charge in [-0.1, -0.05) is 39.0 Å². The van der Waals surface area contributed by atoms with Crippen molar-refractivity contribution in [3.63, 3.8) is 0 Å². The molecule has 0 bridgehead atoms. The van der Waals surface area contributed by atoms with Crippen LogP contribution in [-0.4, -0.2) is 29.9 Å². The zero-order chi connectivity index (χ0) is 22.7. The van der Waals surface area contributed by atoms with Crippen molar-refractivity contribution < 1.29 is 14.0 Å². The van der Waals surface area contributed by atoms with Gasteiger partial charge in [0.15, 0.2) is 0 Å². The minimum absolute atomic E-state index is 0.0208. The monoisotopic (exact) mass is 431 g/mol. The van der Waals surface area contributed by atoms with E-state index in [1.54, 1.807) is 6.26 Å². The van der Waals surface area contributed by atoms with E-state index in [-0.39, 0.29) is 17.7 Å². The van der Waals surface area contributed by atoms with E-state index in [1.807, 2.05) is 56.3 Å². The largest absolute Gasteiger partial charge is 0.465 e. The molecular weight excluding hydrogens is 402 g/mol. The van der Waals surface area contributed by atoms with Crippen LogP contribution >= 0.6 is 0 Å². The summed E-state index contributed by atoms with van der Waals surface area (Å²) < 4.78 is 5.54. The highest BCUT2D eigenvalue weighted by Crippen LogP contribution is 2.38. The van der Waals surface area contributed by atoms with Gasteiger partial charge in [0, 0.05) is 24.4 Å². The molecule has 0 saturated carbocycles. The van der Waals surface area contributed by atoms with Crippen LogP contribution in [0.3, 0.4) is 0 Å². The second kappa shape index (κ2) is 9.39. The van der Waals surface area contributed by atoms with Crippen molar-refractivity contribution in [2.45, 2.75) is 33.6 Å². The molecule has 1 aliphatic rings. The summed E-state index contributed by atoms with van der Waals surface area (Å²) in [7, 11) is 0. The van der Waals surface area contributed by atoms with E-state index in [0.717, 1.165) is 46.3 Å². The van der Waals surface area contributed by atoms with Gasteiger partial charge in [0.05, 0.1) is 23.0 Å². The van der Waals surface area contributed by atoms with E-state index >= 15 is 0 Å². The van der Waals surface area contributed by atoms with Crippen molar-refractivity contribution in [1.29, 1.82) is 0 Å². The molecular formula is C26H29N3O3. The van der Waals surface area contributed by atoms with Crippen LogP contribution in [0.2, 0.25) is 0 Å². The van der Waals surface area contributed by atoms with Gasteiger partial charge < -0.3 is 15.1 Å². The maximum atomic E-state index is 13.3. The number of pyridine rings is 1. The fourth-order valence-electron chi connectivity index (χ4n) is 4.19. The number of hydrogen-bond donors (Lipinski definition) is 2. The normalized spacial score (nSPS) is 16.9. The highest BCUT2D eigenvalue weighted by molar-refractivity contribution is 6.09. The molecule has 1 aromatic carbocycles. The number of hydrogen-bond acceptors (Lipinski definition) is 4. The molecule has 2 N–H and O–H groups in total. The highest BCUT2D eigenvalue weighted by atomic mass is 16.3. The third kappa shape index (κ3) is 4.59. The summed E-state index contributed by atoms with van der Waals surface area (Å²) in [6.45, 7) is 6.65. The predicted octanol–water partition coefficient (Wildman–Crippen LogP) is 4.45. The number of nitrogens with one attached hydrogen (secondary N) is 2. The number of amides is 2. The lowest BCUT2D eigenvalue weighted by molar-refractivity contribution is -0.123. The Labute approximate surface area is 188 Å². The van der Waals surface area contributed by atoms with E-state index in [2.05, 4.69) is 17.6 Å². The van der Waals surface area contributed by atoms with Crippen LogP contribution in [0.25, 0.3) is 22.6 Å². The highest BCUT2D eigenvalue weighted by Gasteiger charge is 2.28.